The van der Waals surface area contributed by atoms with E-state index >= 15 is 0 Å². The number of carbonyl (C=O) groups excluding carboxylic acids is 1. The lowest BCUT2D eigenvalue weighted by Gasteiger charge is -2.04. The molecule has 0 unspecified atom stereocenters. The SMILES string of the molecule is O=Cc1c(C(F)F)nn(-c2ccc(F)cc2F)c1Cl. The highest BCUT2D eigenvalue weighted by atomic mass is 35.5. The summed E-state index contributed by atoms with van der Waals surface area (Å²) in [6.45, 7) is 0. The van der Waals surface area contributed by atoms with Crippen molar-refractivity contribution in [3.8, 4) is 5.69 Å². The molecule has 2 aromatic rings. The van der Waals surface area contributed by atoms with Gasteiger partial charge >= 0.3 is 0 Å². The highest BCUT2D eigenvalue weighted by Gasteiger charge is 2.24. The van der Waals surface area contributed by atoms with Crippen molar-refractivity contribution in [2.24, 2.45) is 0 Å². The minimum absolute atomic E-state index is 0.106. The average Bonchev–Trinajstić information content (AvgIpc) is 2.66. The van der Waals surface area contributed by atoms with Crippen molar-refractivity contribution in [3.05, 3.63) is 46.2 Å². The molecule has 0 fully saturated rings. The van der Waals surface area contributed by atoms with Gasteiger partial charge in [0.15, 0.2) is 12.1 Å². The Bertz CT molecular complexity index is 642. The quantitative estimate of drug-likeness (QED) is 0.640. The molecular formula is C11H5ClF4N2O. The van der Waals surface area contributed by atoms with E-state index in [2.05, 4.69) is 5.10 Å². The van der Waals surface area contributed by atoms with Crippen LogP contribution in [0.4, 0.5) is 17.6 Å². The van der Waals surface area contributed by atoms with Crippen LogP contribution in [0.3, 0.4) is 0 Å². The lowest BCUT2D eigenvalue weighted by atomic mass is 10.3. The Morgan fingerprint density at radius 3 is 2.47 bits per heavy atom. The molecule has 0 spiro atoms. The second-order valence-electron chi connectivity index (χ2n) is 3.52. The number of aldehydes is 1. The standard InChI is InChI=1S/C11H5ClF4N2O/c12-10-6(4-19)9(11(15)16)17-18(10)8-2-1-5(13)3-7(8)14/h1-4,11H. The normalized spacial score (nSPS) is 11.1. The predicted molar refractivity (Wildman–Crippen MR) is 58.8 cm³/mol. The maximum Gasteiger partial charge on any atom is 0.282 e. The Morgan fingerprint density at radius 1 is 1.32 bits per heavy atom. The molecule has 100 valence electrons. The van der Waals surface area contributed by atoms with Crippen LogP contribution in [-0.2, 0) is 0 Å². The Balaban J connectivity index is 2.66. The first-order valence-electron chi connectivity index (χ1n) is 4.93. The third-order valence-corrected chi connectivity index (χ3v) is 2.72. The molecule has 0 radical (unpaired) electrons. The second-order valence-corrected chi connectivity index (χ2v) is 3.87. The van der Waals surface area contributed by atoms with Gasteiger partial charge in [-0.2, -0.15) is 5.10 Å². The van der Waals surface area contributed by atoms with Crippen LogP contribution in [0.5, 0.6) is 0 Å². The van der Waals surface area contributed by atoms with Crippen LogP contribution < -0.4 is 0 Å². The molecule has 1 aromatic heterocycles. The summed E-state index contributed by atoms with van der Waals surface area (Å²) in [6, 6.07) is 2.45. The minimum Gasteiger partial charge on any atom is -0.298 e. The van der Waals surface area contributed by atoms with E-state index in [1.807, 2.05) is 0 Å². The summed E-state index contributed by atoms with van der Waals surface area (Å²) >= 11 is 5.70. The molecule has 0 aliphatic heterocycles. The van der Waals surface area contributed by atoms with E-state index in [4.69, 9.17) is 11.6 Å². The Labute approximate surface area is 109 Å². The molecule has 0 amide bonds. The van der Waals surface area contributed by atoms with Crippen molar-refractivity contribution in [1.82, 2.24) is 9.78 Å². The largest absolute Gasteiger partial charge is 0.298 e. The van der Waals surface area contributed by atoms with Crippen molar-refractivity contribution in [2.45, 2.75) is 6.43 Å². The van der Waals surface area contributed by atoms with E-state index in [0.29, 0.717) is 10.7 Å². The molecule has 0 saturated carbocycles. The van der Waals surface area contributed by atoms with Crippen LogP contribution >= 0.6 is 11.6 Å². The Morgan fingerprint density at radius 2 is 2.00 bits per heavy atom. The molecule has 3 nitrogen and oxygen atoms in total. The molecule has 8 heteroatoms. The number of halogens is 5. The van der Waals surface area contributed by atoms with E-state index in [-0.39, 0.29) is 12.0 Å². The first-order chi connectivity index (χ1) is 8.95. The van der Waals surface area contributed by atoms with Gasteiger partial charge in [0.2, 0.25) is 0 Å². The molecule has 0 atom stereocenters. The molecule has 2 rings (SSSR count). The average molecular weight is 293 g/mol. The molecule has 19 heavy (non-hydrogen) atoms. The van der Waals surface area contributed by atoms with E-state index in [9.17, 15) is 22.4 Å². The maximum atomic E-state index is 13.5. The van der Waals surface area contributed by atoms with Gasteiger partial charge in [-0.1, -0.05) is 11.6 Å². The molecular weight excluding hydrogens is 288 g/mol. The summed E-state index contributed by atoms with van der Waals surface area (Å²) in [6.07, 6.45) is -2.93. The van der Waals surface area contributed by atoms with Gasteiger partial charge in [0.25, 0.3) is 6.43 Å². The number of carbonyl (C=O) groups is 1. The van der Waals surface area contributed by atoms with Gasteiger partial charge in [0, 0.05) is 6.07 Å². The zero-order valence-electron chi connectivity index (χ0n) is 9.08. The van der Waals surface area contributed by atoms with Crippen molar-refractivity contribution in [2.75, 3.05) is 0 Å². The van der Waals surface area contributed by atoms with Crippen LogP contribution in [0.15, 0.2) is 18.2 Å². The number of aromatic nitrogens is 2. The first-order valence-corrected chi connectivity index (χ1v) is 5.30. The molecule has 0 aliphatic rings. The van der Waals surface area contributed by atoms with Gasteiger partial charge in [-0.15, -0.1) is 0 Å². The molecule has 1 aromatic carbocycles. The fourth-order valence-electron chi connectivity index (χ4n) is 1.51. The van der Waals surface area contributed by atoms with Gasteiger partial charge < -0.3 is 0 Å². The van der Waals surface area contributed by atoms with E-state index in [0.717, 1.165) is 12.1 Å². The smallest absolute Gasteiger partial charge is 0.282 e. The number of alkyl halides is 2. The van der Waals surface area contributed by atoms with Gasteiger partial charge in [-0.05, 0) is 12.1 Å². The second kappa shape index (κ2) is 5.00. The van der Waals surface area contributed by atoms with Crippen molar-refractivity contribution < 1.29 is 22.4 Å². The fraction of sp³-hybridized carbons (Fsp3) is 0.0909. The topological polar surface area (TPSA) is 34.9 Å². The van der Waals surface area contributed by atoms with Crippen molar-refractivity contribution in [1.29, 1.82) is 0 Å². The maximum absolute atomic E-state index is 13.5. The zero-order chi connectivity index (χ0) is 14.2. The summed E-state index contributed by atoms with van der Waals surface area (Å²) in [4.78, 5) is 10.7. The molecule has 0 N–H and O–H groups in total. The molecule has 1 heterocycles. The van der Waals surface area contributed by atoms with Gasteiger partial charge in [0.1, 0.15) is 22.4 Å². The van der Waals surface area contributed by atoms with Crippen LogP contribution in [0.2, 0.25) is 5.15 Å². The number of benzene rings is 1. The lowest BCUT2D eigenvalue weighted by Crippen LogP contribution is -2.01. The summed E-state index contributed by atoms with van der Waals surface area (Å²) < 4.78 is 52.2. The van der Waals surface area contributed by atoms with Gasteiger partial charge in [0.05, 0.1) is 5.56 Å². The summed E-state index contributed by atoms with van der Waals surface area (Å²) in [5, 5.41) is 2.92. The third-order valence-electron chi connectivity index (χ3n) is 2.35. The van der Waals surface area contributed by atoms with E-state index in [1.165, 1.54) is 0 Å². The zero-order valence-corrected chi connectivity index (χ0v) is 9.84. The number of hydrogen-bond acceptors (Lipinski definition) is 2. The van der Waals surface area contributed by atoms with Crippen LogP contribution in [-0.4, -0.2) is 16.1 Å². The lowest BCUT2D eigenvalue weighted by molar-refractivity contribution is 0.110. The highest BCUT2D eigenvalue weighted by Crippen LogP contribution is 2.29. The van der Waals surface area contributed by atoms with Crippen LogP contribution in [0, 0.1) is 11.6 Å². The van der Waals surface area contributed by atoms with Crippen LogP contribution in [0.1, 0.15) is 22.5 Å². The molecule has 0 bridgehead atoms. The summed E-state index contributed by atoms with van der Waals surface area (Å²) in [5.41, 5.74) is -1.72. The van der Waals surface area contributed by atoms with Crippen molar-refractivity contribution in [3.63, 3.8) is 0 Å². The molecule has 0 aliphatic carbocycles. The van der Waals surface area contributed by atoms with Crippen molar-refractivity contribution >= 4 is 17.9 Å². The highest BCUT2D eigenvalue weighted by molar-refractivity contribution is 6.32. The van der Waals surface area contributed by atoms with E-state index in [1.54, 1.807) is 0 Å². The summed E-state index contributed by atoms with van der Waals surface area (Å²) in [7, 11) is 0. The van der Waals surface area contributed by atoms with Gasteiger partial charge in [-0.3, -0.25) is 4.79 Å². The first kappa shape index (κ1) is 13.5. The van der Waals surface area contributed by atoms with Gasteiger partial charge in [-0.25, -0.2) is 22.2 Å². The minimum atomic E-state index is -3.04. The summed E-state index contributed by atoms with van der Waals surface area (Å²) in [5.74, 6) is -1.88. The molecule has 0 saturated heterocycles. The van der Waals surface area contributed by atoms with E-state index < -0.39 is 34.5 Å². The Hall–Kier alpha value is -1.89. The number of hydrogen-bond donors (Lipinski definition) is 0. The monoisotopic (exact) mass is 292 g/mol. The number of nitrogens with zero attached hydrogens (tertiary/aromatic N) is 2. The Kier molecular flexibility index (Phi) is 3.57. The predicted octanol–water partition coefficient (Wildman–Crippen LogP) is 3.55. The third kappa shape index (κ3) is 2.33. The number of rotatable bonds is 3. The van der Waals surface area contributed by atoms with Crippen LogP contribution in [0.25, 0.3) is 5.69 Å². The fourth-order valence-corrected chi connectivity index (χ4v) is 1.78.